The van der Waals surface area contributed by atoms with Gasteiger partial charge in [0.15, 0.2) is 0 Å². The Hall–Kier alpha value is -2.38. The second-order valence-electron chi connectivity index (χ2n) is 8.88. The molecule has 1 fully saturated rings. The van der Waals surface area contributed by atoms with Crippen molar-refractivity contribution < 1.29 is 17.9 Å². The second-order valence-corrected chi connectivity index (χ2v) is 10.7. The average Bonchev–Trinajstić information content (AvgIpc) is 2.84. The fourth-order valence-electron chi connectivity index (χ4n) is 4.14. The van der Waals surface area contributed by atoms with E-state index in [1.165, 1.54) is 0 Å². The van der Waals surface area contributed by atoms with Crippen molar-refractivity contribution in [3.05, 3.63) is 60.2 Å². The Balaban J connectivity index is 1.41. The van der Waals surface area contributed by atoms with Crippen molar-refractivity contribution in [1.29, 1.82) is 0 Å². The molecule has 0 radical (unpaired) electrons. The SMILES string of the molecule is CCCCOc1ccc([C@H](C)NC(=O)C2CCC(CNS(=O)(=O)c3ccccc3)CC2)cc1. The number of rotatable bonds is 11. The van der Waals surface area contributed by atoms with Crippen molar-refractivity contribution in [1.82, 2.24) is 10.0 Å². The second kappa shape index (κ2) is 12.2. The lowest BCUT2D eigenvalue weighted by Crippen LogP contribution is -2.37. The number of unbranched alkanes of at least 4 members (excludes halogenated alkanes) is 1. The number of nitrogens with one attached hydrogen (secondary N) is 2. The number of hydrogen-bond acceptors (Lipinski definition) is 4. The summed E-state index contributed by atoms with van der Waals surface area (Å²) in [5, 5.41) is 3.14. The fraction of sp³-hybridized carbons (Fsp3) is 0.500. The summed E-state index contributed by atoms with van der Waals surface area (Å²) in [6.07, 6.45) is 5.38. The molecule has 0 heterocycles. The molecular formula is C26H36N2O4S. The maximum absolute atomic E-state index is 12.8. The van der Waals surface area contributed by atoms with Gasteiger partial charge in [0.25, 0.3) is 0 Å². The first kappa shape index (κ1) is 25.2. The standard InChI is InChI=1S/C26H36N2O4S/c1-3-4-18-32-24-16-14-22(15-17-24)20(2)28-26(29)23-12-10-21(11-13-23)19-27-33(30,31)25-8-6-5-7-9-25/h5-9,14-17,20-21,23,27H,3-4,10-13,18-19H2,1-2H3,(H,28,29)/t20-,21?,23?/m0/s1. The molecule has 0 aromatic heterocycles. The Morgan fingerprint density at radius 1 is 1.03 bits per heavy atom. The number of benzene rings is 2. The van der Waals surface area contributed by atoms with Crippen molar-refractivity contribution in [2.45, 2.75) is 63.3 Å². The van der Waals surface area contributed by atoms with Crippen molar-refractivity contribution in [3.8, 4) is 5.75 Å². The smallest absolute Gasteiger partial charge is 0.240 e. The largest absolute Gasteiger partial charge is 0.494 e. The van der Waals surface area contributed by atoms with Gasteiger partial charge >= 0.3 is 0 Å². The molecule has 1 amide bonds. The van der Waals surface area contributed by atoms with Crippen molar-refractivity contribution >= 4 is 15.9 Å². The number of carbonyl (C=O) groups excluding carboxylic acids is 1. The Bertz CT molecular complexity index is 969. The highest BCUT2D eigenvalue weighted by atomic mass is 32.2. The van der Waals surface area contributed by atoms with Crippen LogP contribution in [0.15, 0.2) is 59.5 Å². The normalized spacial score (nSPS) is 19.6. The molecule has 2 aromatic rings. The number of sulfonamides is 1. The van der Waals surface area contributed by atoms with Crippen LogP contribution in [0.5, 0.6) is 5.75 Å². The third kappa shape index (κ3) is 7.57. The molecular weight excluding hydrogens is 436 g/mol. The lowest BCUT2D eigenvalue weighted by molar-refractivity contribution is -0.126. The molecule has 7 heteroatoms. The maximum Gasteiger partial charge on any atom is 0.240 e. The van der Waals surface area contributed by atoms with Crippen LogP contribution >= 0.6 is 0 Å². The first-order valence-electron chi connectivity index (χ1n) is 12.0. The molecule has 1 saturated carbocycles. The van der Waals surface area contributed by atoms with E-state index < -0.39 is 10.0 Å². The van der Waals surface area contributed by atoms with Crippen LogP contribution in [0.2, 0.25) is 0 Å². The summed E-state index contributed by atoms with van der Waals surface area (Å²) < 4.78 is 33.2. The van der Waals surface area contributed by atoms with Gasteiger partial charge in [0.2, 0.25) is 15.9 Å². The predicted octanol–water partition coefficient (Wildman–Crippen LogP) is 4.83. The van der Waals surface area contributed by atoms with Gasteiger partial charge in [0.05, 0.1) is 17.5 Å². The summed E-state index contributed by atoms with van der Waals surface area (Å²) in [6, 6.07) is 16.3. The molecule has 2 aromatic carbocycles. The summed E-state index contributed by atoms with van der Waals surface area (Å²) in [6.45, 7) is 5.26. The van der Waals surface area contributed by atoms with Crippen molar-refractivity contribution in [3.63, 3.8) is 0 Å². The van der Waals surface area contributed by atoms with E-state index >= 15 is 0 Å². The van der Waals surface area contributed by atoms with Crippen LogP contribution in [0.4, 0.5) is 0 Å². The van der Waals surface area contributed by atoms with Gasteiger partial charge in [-0.15, -0.1) is 0 Å². The Kier molecular flexibility index (Phi) is 9.32. The van der Waals surface area contributed by atoms with Crippen molar-refractivity contribution in [2.24, 2.45) is 11.8 Å². The summed E-state index contributed by atoms with van der Waals surface area (Å²) >= 11 is 0. The monoisotopic (exact) mass is 472 g/mol. The molecule has 6 nitrogen and oxygen atoms in total. The first-order valence-corrected chi connectivity index (χ1v) is 13.4. The molecule has 1 aliphatic rings. The number of ether oxygens (including phenoxy) is 1. The van der Waals surface area contributed by atoms with Crippen LogP contribution in [-0.4, -0.2) is 27.5 Å². The van der Waals surface area contributed by atoms with Crippen molar-refractivity contribution in [2.75, 3.05) is 13.2 Å². The van der Waals surface area contributed by atoms with Gasteiger partial charge in [-0.1, -0.05) is 43.7 Å². The van der Waals surface area contributed by atoms with Gasteiger partial charge in [-0.05, 0) is 74.8 Å². The minimum Gasteiger partial charge on any atom is -0.494 e. The van der Waals surface area contributed by atoms with E-state index in [0.717, 1.165) is 56.4 Å². The summed E-state index contributed by atoms with van der Waals surface area (Å²) in [4.78, 5) is 13.1. The van der Waals surface area contributed by atoms with Gasteiger partial charge in [-0.2, -0.15) is 0 Å². The van der Waals surface area contributed by atoms with Gasteiger partial charge in [0.1, 0.15) is 5.75 Å². The Labute approximate surface area is 198 Å². The Morgan fingerprint density at radius 2 is 1.70 bits per heavy atom. The highest BCUT2D eigenvalue weighted by Crippen LogP contribution is 2.29. The molecule has 0 spiro atoms. The lowest BCUT2D eigenvalue weighted by atomic mass is 9.81. The number of amides is 1. The molecule has 33 heavy (non-hydrogen) atoms. The lowest BCUT2D eigenvalue weighted by Gasteiger charge is -2.29. The van der Waals surface area contributed by atoms with E-state index in [9.17, 15) is 13.2 Å². The molecule has 0 unspecified atom stereocenters. The fourth-order valence-corrected chi connectivity index (χ4v) is 5.28. The third-order valence-electron chi connectivity index (χ3n) is 6.34. The number of hydrogen-bond donors (Lipinski definition) is 2. The third-order valence-corrected chi connectivity index (χ3v) is 7.78. The molecule has 1 aliphatic carbocycles. The van der Waals surface area contributed by atoms with Crippen LogP contribution in [0, 0.1) is 11.8 Å². The first-order chi connectivity index (χ1) is 15.9. The van der Waals surface area contributed by atoms with E-state index in [1.54, 1.807) is 30.3 Å². The van der Waals surface area contributed by atoms with Crippen LogP contribution in [0.3, 0.4) is 0 Å². The highest BCUT2D eigenvalue weighted by molar-refractivity contribution is 7.89. The van der Waals surface area contributed by atoms with Gasteiger partial charge in [-0.25, -0.2) is 13.1 Å². The zero-order valence-electron chi connectivity index (χ0n) is 19.6. The quantitative estimate of drug-likeness (QED) is 0.459. The predicted molar refractivity (Wildman–Crippen MR) is 130 cm³/mol. The molecule has 180 valence electrons. The number of carbonyl (C=O) groups is 1. The minimum atomic E-state index is -3.48. The zero-order chi connectivity index (χ0) is 23.7. The maximum atomic E-state index is 12.8. The van der Waals surface area contributed by atoms with Crippen LogP contribution in [-0.2, 0) is 14.8 Å². The average molecular weight is 473 g/mol. The van der Waals surface area contributed by atoms with Gasteiger partial charge in [-0.3, -0.25) is 4.79 Å². The van der Waals surface area contributed by atoms with Crippen LogP contribution in [0.25, 0.3) is 0 Å². The molecule has 2 N–H and O–H groups in total. The van der Waals surface area contributed by atoms with Gasteiger partial charge in [0, 0.05) is 12.5 Å². The zero-order valence-corrected chi connectivity index (χ0v) is 20.4. The van der Waals surface area contributed by atoms with Crippen LogP contribution < -0.4 is 14.8 Å². The van der Waals surface area contributed by atoms with E-state index in [4.69, 9.17) is 4.74 Å². The van der Waals surface area contributed by atoms with Crippen LogP contribution in [0.1, 0.15) is 64.0 Å². The summed E-state index contributed by atoms with van der Waals surface area (Å²) in [5.74, 6) is 1.16. The van der Waals surface area contributed by atoms with Gasteiger partial charge < -0.3 is 10.1 Å². The van der Waals surface area contributed by atoms with E-state index in [1.807, 2.05) is 31.2 Å². The summed E-state index contributed by atoms with van der Waals surface area (Å²) in [7, 11) is -3.48. The minimum absolute atomic E-state index is 0.0221. The van der Waals surface area contributed by atoms with E-state index in [2.05, 4.69) is 17.0 Å². The van der Waals surface area contributed by atoms with E-state index in [-0.39, 0.29) is 28.7 Å². The molecule has 0 bridgehead atoms. The molecule has 0 saturated heterocycles. The molecule has 1 atom stereocenters. The Morgan fingerprint density at radius 3 is 2.33 bits per heavy atom. The van der Waals surface area contributed by atoms with E-state index in [0.29, 0.717) is 6.54 Å². The topological polar surface area (TPSA) is 84.5 Å². The highest BCUT2D eigenvalue weighted by Gasteiger charge is 2.28. The summed E-state index contributed by atoms with van der Waals surface area (Å²) in [5.41, 5.74) is 1.05. The molecule has 3 rings (SSSR count). The molecule has 0 aliphatic heterocycles.